The molecule has 0 aliphatic heterocycles. The standard InChI is InChI=1S/C21H24N6S/c1-13(2)19-17-11-15(8-9-18(17)24-25-19)20-26-27-21(28-20)23-16(12-22)10-14-6-4-3-5-7-14/h3-9,11,13,16H,10,12,22H2,1-2H3,(H,23,27)(H,24,25)/t16-/m1/s1. The molecule has 0 unspecified atom stereocenters. The van der Waals surface area contributed by atoms with E-state index in [2.05, 4.69) is 69.9 Å². The fourth-order valence-corrected chi connectivity index (χ4v) is 4.09. The van der Waals surface area contributed by atoms with Crippen LogP contribution in [0.1, 0.15) is 31.0 Å². The first kappa shape index (κ1) is 18.6. The van der Waals surface area contributed by atoms with Crippen molar-refractivity contribution in [1.82, 2.24) is 20.4 Å². The van der Waals surface area contributed by atoms with Gasteiger partial charge >= 0.3 is 0 Å². The second kappa shape index (κ2) is 8.08. The molecule has 2 aromatic heterocycles. The van der Waals surface area contributed by atoms with E-state index in [0.717, 1.165) is 38.7 Å². The number of hydrogen-bond donors (Lipinski definition) is 3. The lowest BCUT2D eigenvalue weighted by atomic mass is 10.0. The zero-order valence-corrected chi connectivity index (χ0v) is 16.8. The molecule has 0 fully saturated rings. The van der Waals surface area contributed by atoms with Crippen molar-refractivity contribution in [2.45, 2.75) is 32.2 Å². The van der Waals surface area contributed by atoms with Crippen LogP contribution in [0.4, 0.5) is 5.13 Å². The maximum absolute atomic E-state index is 5.97. The summed E-state index contributed by atoms with van der Waals surface area (Å²) in [5.74, 6) is 0.360. The molecule has 0 bridgehead atoms. The smallest absolute Gasteiger partial charge is 0.206 e. The number of nitrogens with two attached hydrogens (primary N) is 1. The summed E-state index contributed by atoms with van der Waals surface area (Å²) < 4.78 is 0. The molecular weight excluding hydrogens is 368 g/mol. The maximum Gasteiger partial charge on any atom is 0.206 e. The summed E-state index contributed by atoms with van der Waals surface area (Å²) in [5.41, 5.74) is 10.4. The number of nitrogens with one attached hydrogen (secondary N) is 2. The van der Waals surface area contributed by atoms with Crippen LogP contribution >= 0.6 is 11.3 Å². The van der Waals surface area contributed by atoms with E-state index < -0.39 is 0 Å². The fraction of sp³-hybridized carbons (Fsp3) is 0.286. The van der Waals surface area contributed by atoms with Crippen LogP contribution in [-0.4, -0.2) is 33.0 Å². The topological polar surface area (TPSA) is 92.5 Å². The Morgan fingerprint density at radius 1 is 1.11 bits per heavy atom. The van der Waals surface area contributed by atoms with Crippen LogP contribution < -0.4 is 11.1 Å². The lowest BCUT2D eigenvalue weighted by Gasteiger charge is -2.15. The molecule has 1 atom stereocenters. The minimum absolute atomic E-state index is 0.118. The van der Waals surface area contributed by atoms with Gasteiger partial charge in [-0.05, 0) is 36.1 Å². The predicted molar refractivity (Wildman–Crippen MR) is 116 cm³/mol. The van der Waals surface area contributed by atoms with Crippen molar-refractivity contribution in [3.05, 3.63) is 59.8 Å². The van der Waals surface area contributed by atoms with Gasteiger partial charge in [-0.3, -0.25) is 5.10 Å². The Labute approximate surface area is 168 Å². The summed E-state index contributed by atoms with van der Waals surface area (Å²) in [6.45, 7) is 4.83. The van der Waals surface area contributed by atoms with Crippen molar-refractivity contribution >= 4 is 27.4 Å². The molecule has 0 radical (unpaired) electrons. The second-order valence-corrected chi connectivity index (χ2v) is 8.18. The summed E-state index contributed by atoms with van der Waals surface area (Å²) in [5, 5.41) is 22.5. The van der Waals surface area contributed by atoms with E-state index in [0.29, 0.717) is 12.5 Å². The number of benzene rings is 2. The molecule has 2 aromatic carbocycles. The average molecular weight is 393 g/mol. The first-order chi connectivity index (χ1) is 13.6. The lowest BCUT2D eigenvalue weighted by molar-refractivity contribution is 0.721. The number of H-pyrrole nitrogens is 1. The normalized spacial score (nSPS) is 12.6. The van der Waals surface area contributed by atoms with E-state index in [1.807, 2.05) is 18.2 Å². The van der Waals surface area contributed by atoms with Crippen LogP contribution in [0.15, 0.2) is 48.5 Å². The van der Waals surface area contributed by atoms with Gasteiger partial charge in [0.2, 0.25) is 5.13 Å². The van der Waals surface area contributed by atoms with E-state index in [4.69, 9.17) is 5.73 Å². The summed E-state index contributed by atoms with van der Waals surface area (Å²) in [7, 11) is 0. The number of aromatic nitrogens is 4. The summed E-state index contributed by atoms with van der Waals surface area (Å²) in [4.78, 5) is 0. The number of anilines is 1. The van der Waals surface area contributed by atoms with Gasteiger partial charge in [-0.25, -0.2) is 0 Å². The van der Waals surface area contributed by atoms with Crippen molar-refractivity contribution < 1.29 is 0 Å². The van der Waals surface area contributed by atoms with Crippen LogP contribution in [0.3, 0.4) is 0 Å². The Balaban J connectivity index is 1.53. The zero-order valence-electron chi connectivity index (χ0n) is 16.0. The fourth-order valence-electron chi connectivity index (χ4n) is 3.27. The van der Waals surface area contributed by atoms with Crippen LogP contribution in [0, 0.1) is 0 Å². The molecule has 0 saturated carbocycles. The third kappa shape index (κ3) is 3.90. The van der Waals surface area contributed by atoms with Crippen molar-refractivity contribution in [1.29, 1.82) is 0 Å². The van der Waals surface area contributed by atoms with Gasteiger partial charge in [0.25, 0.3) is 0 Å². The third-order valence-electron chi connectivity index (χ3n) is 4.75. The molecular formula is C21H24N6S. The Morgan fingerprint density at radius 3 is 2.68 bits per heavy atom. The van der Waals surface area contributed by atoms with E-state index in [-0.39, 0.29) is 6.04 Å². The summed E-state index contributed by atoms with van der Waals surface area (Å²) in [6, 6.07) is 16.7. The Kier molecular flexibility index (Phi) is 5.36. The van der Waals surface area contributed by atoms with Gasteiger partial charge in [-0.1, -0.05) is 55.5 Å². The maximum atomic E-state index is 5.97. The highest BCUT2D eigenvalue weighted by Gasteiger charge is 2.14. The molecule has 4 aromatic rings. The van der Waals surface area contributed by atoms with Crippen LogP contribution in [0.25, 0.3) is 21.5 Å². The van der Waals surface area contributed by atoms with Crippen molar-refractivity contribution in [2.75, 3.05) is 11.9 Å². The van der Waals surface area contributed by atoms with Gasteiger partial charge in [0.05, 0.1) is 11.2 Å². The molecule has 28 heavy (non-hydrogen) atoms. The monoisotopic (exact) mass is 392 g/mol. The quantitative estimate of drug-likeness (QED) is 0.439. The van der Waals surface area contributed by atoms with Gasteiger partial charge in [0, 0.05) is 23.5 Å². The van der Waals surface area contributed by atoms with Gasteiger partial charge in [0.1, 0.15) is 5.01 Å². The summed E-state index contributed by atoms with van der Waals surface area (Å²) in [6.07, 6.45) is 0.852. The minimum atomic E-state index is 0.118. The van der Waals surface area contributed by atoms with Crippen LogP contribution in [-0.2, 0) is 6.42 Å². The second-order valence-electron chi connectivity index (χ2n) is 7.20. The van der Waals surface area contributed by atoms with E-state index >= 15 is 0 Å². The number of rotatable bonds is 7. The molecule has 2 heterocycles. The summed E-state index contributed by atoms with van der Waals surface area (Å²) >= 11 is 1.55. The Hall–Kier alpha value is -2.77. The number of aromatic amines is 1. The van der Waals surface area contributed by atoms with E-state index in [1.165, 1.54) is 5.56 Å². The number of nitrogens with zero attached hydrogens (tertiary/aromatic N) is 3. The number of hydrogen-bond acceptors (Lipinski definition) is 6. The molecule has 0 spiro atoms. The molecule has 4 rings (SSSR count). The first-order valence-electron chi connectivity index (χ1n) is 9.46. The molecule has 0 aliphatic carbocycles. The third-order valence-corrected chi connectivity index (χ3v) is 5.65. The minimum Gasteiger partial charge on any atom is -0.356 e. The van der Waals surface area contributed by atoms with Crippen molar-refractivity contribution in [3.63, 3.8) is 0 Å². The van der Waals surface area contributed by atoms with Gasteiger partial charge in [-0.15, -0.1) is 10.2 Å². The first-order valence-corrected chi connectivity index (χ1v) is 10.3. The molecule has 6 nitrogen and oxygen atoms in total. The Morgan fingerprint density at radius 2 is 1.93 bits per heavy atom. The van der Waals surface area contributed by atoms with Gasteiger partial charge < -0.3 is 11.1 Å². The predicted octanol–water partition coefficient (Wildman–Crippen LogP) is 4.19. The molecule has 0 saturated heterocycles. The molecule has 0 aliphatic rings. The molecule has 4 N–H and O–H groups in total. The largest absolute Gasteiger partial charge is 0.356 e. The number of fused-ring (bicyclic) bond motifs is 1. The highest BCUT2D eigenvalue weighted by molar-refractivity contribution is 7.18. The zero-order chi connectivity index (χ0) is 19.5. The Bertz CT molecular complexity index is 1050. The highest BCUT2D eigenvalue weighted by Crippen LogP contribution is 2.31. The molecule has 0 amide bonds. The van der Waals surface area contributed by atoms with Crippen LogP contribution in [0.5, 0.6) is 0 Å². The van der Waals surface area contributed by atoms with Gasteiger partial charge in [-0.2, -0.15) is 5.10 Å². The van der Waals surface area contributed by atoms with E-state index in [9.17, 15) is 0 Å². The van der Waals surface area contributed by atoms with Gasteiger partial charge in [0.15, 0.2) is 0 Å². The van der Waals surface area contributed by atoms with Crippen LogP contribution in [0.2, 0.25) is 0 Å². The highest BCUT2D eigenvalue weighted by atomic mass is 32.1. The SMILES string of the molecule is CC(C)c1n[nH]c2ccc(-c3nnc(N[C@@H](CN)Cc4ccccc4)s3)cc12. The molecule has 144 valence electrons. The van der Waals surface area contributed by atoms with Crippen molar-refractivity contribution in [2.24, 2.45) is 5.73 Å². The van der Waals surface area contributed by atoms with Crippen molar-refractivity contribution in [3.8, 4) is 10.6 Å². The molecule has 7 heteroatoms. The lowest BCUT2D eigenvalue weighted by Crippen LogP contribution is -2.30. The average Bonchev–Trinajstić information content (AvgIpc) is 3.34. The van der Waals surface area contributed by atoms with E-state index in [1.54, 1.807) is 11.3 Å².